The molecule has 0 unspecified atom stereocenters. The minimum Gasteiger partial charge on any atom is -0.317 e. The molecule has 1 aromatic heterocycles. The molecule has 2 N–H and O–H groups in total. The summed E-state index contributed by atoms with van der Waals surface area (Å²) in [7, 11) is 0. The third kappa shape index (κ3) is 4.01. The van der Waals surface area contributed by atoms with Crippen LogP contribution in [0.1, 0.15) is 18.7 Å². The molecular weight excluding hydrogens is 240 g/mol. The van der Waals surface area contributed by atoms with Crippen molar-refractivity contribution in [3.8, 4) is 0 Å². The van der Waals surface area contributed by atoms with Gasteiger partial charge in [-0.25, -0.2) is 0 Å². The second kappa shape index (κ2) is 6.02. The Hall–Kier alpha value is -1.08. The number of aromatic nitrogens is 2. The monoisotopic (exact) mass is 256 g/mol. The molecule has 6 nitrogen and oxygen atoms in total. The Balaban J connectivity index is 1.70. The van der Waals surface area contributed by atoms with Crippen molar-refractivity contribution in [1.82, 2.24) is 15.5 Å². The number of nitrogens with one attached hydrogen (secondary N) is 2. The first-order valence-electron chi connectivity index (χ1n) is 5.66. The quantitative estimate of drug-likeness (QED) is 0.829. The molecular formula is C10H16N4O2S. The standard InChI is InChI=1S/C10H16N4O2S/c1-7-12-10(16-14-7)13-9(15)6-17-8-2-4-11-5-3-8/h8,11H,2-6H2,1H3,(H,12,13,14,15). The first-order chi connectivity index (χ1) is 8.24. The lowest BCUT2D eigenvalue weighted by Crippen LogP contribution is -2.30. The van der Waals surface area contributed by atoms with Crippen LogP contribution in [0, 0.1) is 6.92 Å². The number of piperidine rings is 1. The number of carbonyl (C=O) groups is 1. The van der Waals surface area contributed by atoms with Crippen LogP contribution in [0.15, 0.2) is 4.52 Å². The highest BCUT2D eigenvalue weighted by Gasteiger charge is 2.15. The van der Waals surface area contributed by atoms with Gasteiger partial charge in [-0.3, -0.25) is 10.1 Å². The van der Waals surface area contributed by atoms with Gasteiger partial charge in [0, 0.05) is 5.25 Å². The highest BCUT2D eigenvalue weighted by Crippen LogP contribution is 2.20. The predicted octanol–water partition coefficient (Wildman–Crippen LogP) is 0.802. The summed E-state index contributed by atoms with van der Waals surface area (Å²) in [5.41, 5.74) is 0. The zero-order valence-electron chi connectivity index (χ0n) is 9.73. The van der Waals surface area contributed by atoms with Gasteiger partial charge in [0.25, 0.3) is 0 Å². The third-order valence-electron chi connectivity index (χ3n) is 2.51. The van der Waals surface area contributed by atoms with E-state index in [9.17, 15) is 4.79 Å². The lowest BCUT2D eigenvalue weighted by molar-refractivity contribution is -0.114. The van der Waals surface area contributed by atoms with Crippen molar-refractivity contribution < 1.29 is 9.32 Å². The maximum Gasteiger partial charge on any atom is 0.328 e. The van der Waals surface area contributed by atoms with Crippen LogP contribution in [-0.2, 0) is 4.79 Å². The van der Waals surface area contributed by atoms with Crippen LogP contribution < -0.4 is 10.6 Å². The van der Waals surface area contributed by atoms with Gasteiger partial charge in [-0.1, -0.05) is 5.16 Å². The van der Waals surface area contributed by atoms with Gasteiger partial charge in [0.05, 0.1) is 5.75 Å². The minimum atomic E-state index is -0.0859. The van der Waals surface area contributed by atoms with E-state index >= 15 is 0 Å². The van der Waals surface area contributed by atoms with Gasteiger partial charge in [0.2, 0.25) is 5.91 Å². The summed E-state index contributed by atoms with van der Waals surface area (Å²) < 4.78 is 4.81. The number of rotatable bonds is 4. The van der Waals surface area contributed by atoms with E-state index in [0.29, 0.717) is 16.8 Å². The van der Waals surface area contributed by atoms with Gasteiger partial charge in [-0.15, -0.1) is 11.8 Å². The second-order valence-corrected chi connectivity index (χ2v) is 5.24. The molecule has 2 rings (SSSR count). The van der Waals surface area contributed by atoms with Gasteiger partial charge in [-0.2, -0.15) is 4.98 Å². The molecule has 0 atom stereocenters. The summed E-state index contributed by atoms with van der Waals surface area (Å²) in [6, 6.07) is 0.179. The normalized spacial score (nSPS) is 17.0. The van der Waals surface area contributed by atoms with Crippen LogP contribution in [-0.4, -0.2) is 40.1 Å². The average Bonchev–Trinajstić information content (AvgIpc) is 2.73. The van der Waals surface area contributed by atoms with E-state index in [1.807, 2.05) is 0 Å². The number of nitrogens with zero attached hydrogens (tertiary/aromatic N) is 2. The van der Waals surface area contributed by atoms with Crippen LogP contribution in [0.5, 0.6) is 0 Å². The first kappa shape index (κ1) is 12.4. The largest absolute Gasteiger partial charge is 0.328 e. The molecule has 1 aliphatic rings. The second-order valence-electron chi connectivity index (χ2n) is 3.96. The fourth-order valence-electron chi connectivity index (χ4n) is 1.66. The summed E-state index contributed by atoms with van der Waals surface area (Å²) in [5.74, 6) is 0.870. The molecule has 1 aliphatic heterocycles. The Morgan fingerprint density at radius 1 is 1.59 bits per heavy atom. The van der Waals surface area contributed by atoms with Gasteiger partial charge < -0.3 is 9.84 Å². The summed E-state index contributed by atoms with van der Waals surface area (Å²) in [4.78, 5) is 15.5. The average molecular weight is 256 g/mol. The summed E-state index contributed by atoms with van der Waals surface area (Å²) in [6.07, 6.45) is 2.25. The Labute approximate surface area is 104 Å². The molecule has 17 heavy (non-hydrogen) atoms. The topological polar surface area (TPSA) is 80.0 Å². The number of hydrogen-bond donors (Lipinski definition) is 2. The van der Waals surface area contributed by atoms with Crippen molar-refractivity contribution in [1.29, 1.82) is 0 Å². The number of anilines is 1. The number of thioether (sulfide) groups is 1. The number of aryl methyl sites for hydroxylation is 1. The Morgan fingerprint density at radius 2 is 2.35 bits per heavy atom. The summed E-state index contributed by atoms with van der Waals surface area (Å²) >= 11 is 1.69. The molecule has 0 aliphatic carbocycles. The number of hydrogen-bond acceptors (Lipinski definition) is 6. The zero-order chi connectivity index (χ0) is 12.1. The Kier molecular flexibility index (Phi) is 4.38. The van der Waals surface area contributed by atoms with Crippen molar-refractivity contribution in [2.45, 2.75) is 25.0 Å². The minimum absolute atomic E-state index is 0.0859. The molecule has 0 spiro atoms. The molecule has 1 aromatic rings. The molecule has 7 heteroatoms. The highest BCUT2D eigenvalue weighted by atomic mass is 32.2. The number of carbonyl (C=O) groups excluding carboxylic acids is 1. The SMILES string of the molecule is Cc1noc(NC(=O)CSC2CCNCC2)n1. The van der Waals surface area contributed by atoms with E-state index in [1.54, 1.807) is 18.7 Å². The van der Waals surface area contributed by atoms with E-state index in [2.05, 4.69) is 20.8 Å². The highest BCUT2D eigenvalue weighted by molar-refractivity contribution is 8.00. The van der Waals surface area contributed by atoms with Gasteiger partial charge in [0.15, 0.2) is 5.82 Å². The Morgan fingerprint density at radius 3 is 3.00 bits per heavy atom. The van der Waals surface area contributed by atoms with Crippen LogP contribution >= 0.6 is 11.8 Å². The van der Waals surface area contributed by atoms with Crippen LogP contribution in [0.2, 0.25) is 0 Å². The molecule has 0 radical (unpaired) electrons. The van der Waals surface area contributed by atoms with E-state index in [-0.39, 0.29) is 11.9 Å². The molecule has 2 heterocycles. The van der Waals surface area contributed by atoms with E-state index in [4.69, 9.17) is 4.52 Å². The molecule has 1 fully saturated rings. The van der Waals surface area contributed by atoms with Gasteiger partial charge >= 0.3 is 6.01 Å². The maximum atomic E-state index is 11.6. The van der Waals surface area contributed by atoms with E-state index < -0.39 is 0 Å². The van der Waals surface area contributed by atoms with Gasteiger partial charge in [0.1, 0.15) is 0 Å². The predicted molar refractivity (Wildman–Crippen MR) is 66.0 cm³/mol. The summed E-state index contributed by atoms with van der Waals surface area (Å²) in [6.45, 7) is 3.80. The number of amides is 1. The van der Waals surface area contributed by atoms with Gasteiger partial charge in [-0.05, 0) is 32.9 Å². The van der Waals surface area contributed by atoms with Crippen molar-refractivity contribution >= 4 is 23.7 Å². The first-order valence-corrected chi connectivity index (χ1v) is 6.71. The third-order valence-corrected chi connectivity index (χ3v) is 3.88. The molecule has 0 saturated carbocycles. The molecule has 0 aromatic carbocycles. The van der Waals surface area contributed by atoms with E-state index in [0.717, 1.165) is 25.9 Å². The van der Waals surface area contributed by atoms with Crippen LogP contribution in [0.3, 0.4) is 0 Å². The van der Waals surface area contributed by atoms with Crippen molar-refractivity contribution in [2.24, 2.45) is 0 Å². The smallest absolute Gasteiger partial charge is 0.317 e. The summed E-state index contributed by atoms with van der Waals surface area (Å²) in [5, 5.41) is 10.1. The van der Waals surface area contributed by atoms with E-state index in [1.165, 1.54) is 0 Å². The maximum absolute atomic E-state index is 11.6. The molecule has 1 saturated heterocycles. The molecule has 94 valence electrons. The lowest BCUT2D eigenvalue weighted by atomic mass is 10.2. The molecule has 0 bridgehead atoms. The van der Waals surface area contributed by atoms with Crippen molar-refractivity contribution in [3.63, 3.8) is 0 Å². The fourth-order valence-corrected chi connectivity index (χ4v) is 2.69. The van der Waals surface area contributed by atoms with Crippen molar-refractivity contribution in [2.75, 3.05) is 24.2 Å². The lowest BCUT2D eigenvalue weighted by Gasteiger charge is -2.21. The van der Waals surface area contributed by atoms with Crippen LogP contribution in [0.4, 0.5) is 6.01 Å². The van der Waals surface area contributed by atoms with Crippen molar-refractivity contribution in [3.05, 3.63) is 5.82 Å². The Bertz CT molecular complexity index is 376. The zero-order valence-corrected chi connectivity index (χ0v) is 10.5. The molecule has 1 amide bonds. The van der Waals surface area contributed by atoms with Crippen LogP contribution in [0.25, 0.3) is 0 Å². The fraction of sp³-hybridized carbons (Fsp3) is 0.700.